The van der Waals surface area contributed by atoms with E-state index in [1.54, 1.807) is 12.1 Å². The van der Waals surface area contributed by atoms with Crippen molar-refractivity contribution < 1.29 is 5.11 Å². The maximum atomic E-state index is 9.86. The molecule has 0 saturated carbocycles. The highest BCUT2D eigenvalue weighted by molar-refractivity contribution is 6.30. The quantitative estimate of drug-likeness (QED) is 0.831. The van der Waals surface area contributed by atoms with E-state index in [9.17, 15) is 5.11 Å². The topological polar surface area (TPSA) is 46.2 Å². The van der Waals surface area contributed by atoms with Crippen molar-refractivity contribution in [3.05, 3.63) is 34.9 Å². The van der Waals surface area contributed by atoms with Gasteiger partial charge in [0, 0.05) is 5.02 Å². The summed E-state index contributed by atoms with van der Waals surface area (Å²) in [7, 11) is 0. The summed E-state index contributed by atoms with van der Waals surface area (Å²) in [6.07, 6.45) is 0.191. The van der Waals surface area contributed by atoms with Crippen LogP contribution in [0.4, 0.5) is 0 Å². The van der Waals surface area contributed by atoms with E-state index in [1.807, 2.05) is 12.1 Å². The summed E-state index contributed by atoms with van der Waals surface area (Å²) in [4.78, 5) is 0. The van der Waals surface area contributed by atoms with Gasteiger partial charge in [0.25, 0.3) is 0 Å². The average molecular weight is 228 g/mol. The molecular formula is C12H18ClNO. The Balaban J connectivity index is 2.71. The molecule has 0 unspecified atom stereocenters. The number of benzene rings is 1. The van der Waals surface area contributed by atoms with Crippen LogP contribution in [0.25, 0.3) is 0 Å². The number of aliphatic hydroxyl groups excluding tert-OH is 1. The molecule has 1 rings (SSSR count). The zero-order valence-corrected chi connectivity index (χ0v) is 9.91. The van der Waals surface area contributed by atoms with Gasteiger partial charge in [-0.1, -0.05) is 37.6 Å². The van der Waals surface area contributed by atoms with E-state index in [0.717, 1.165) is 5.56 Å². The van der Waals surface area contributed by atoms with Crippen LogP contribution in [0.5, 0.6) is 0 Å². The minimum Gasteiger partial charge on any atom is -0.391 e. The summed E-state index contributed by atoms with van der Waals surface area (Å²) in [5.41, 5.74) is 6.83. The summed E-state index contributed by atoms with van der Waals surface area (Å²) in [5, 5.41) is 10.5. The van der Waals surface area contributed by atoms with Crippen LogP contribution in [-0.2, 0) is 0 Å². The van der Waals surface area contributed by atoms with Gasteiger partial charge in [-0.2, -0.15) is 0 Å². The minimum atomic E-state index is -0.511. The Morgan fingerprint density at radius 3 is 2.60 bits per heavy atom. The van der Waals surface area contributed by atoms with Gasteiger partial charge in [-0.15, -0.1) is 0 Å². The van der Waals surface area contributed by atoms with E-state index < -0.39 is 6.10 Å². The zero-order valence-electron chi connectivity index (χ0n) is 9.15. The first-order valence-corrected chi connectivity index (χ1v) is 5.57. The summed E-state index contributed by atoms with van der Waals surface area (Å²) in [6, 6.07) is 6.98. The molecule has 0 aliphatic carbocycles. The van der Waals surface area contributed by atoms with Gasteiger partial charge in [-0.25, -0.2) is 0 Å². The molecule has 0 fully saturated rings. The molecule has 0 aliphatic heterocycles. The Hall–Kier alpha value is -0.570. The second-order valence-corrected chi connectivity index (χ2v) is 4.71. The molecule has 0 radical (unpaired) electrons. The fourth-order valence-electron chi connectivity index (χ4n) is 1.57. The number of nitrogens with two attached hydrogens (primary N) is 1. The van der Waals surface area contributed by atoms with Crippen LogP contribution in [0.2, 0.25) is 5.02 Å². The van der Waals surface area contributed by atoms with E-state index >= 15 is 0 Å². The molecule has 0 bridgehead atoms. The van der Waals surface area contributed by atoms with Crippen molar-refractivity contribution in [1.82, 2.24) is 0 Å². The highest BCUT2D eigenvalue weighted by Gasteiger charge is 2.17. The van der Waals surface area contributed by atoms with Gasteiger partial charge in [-0.3, -0.25) is 0 Å². The average Bonchev–Trinajstić information content (AvgIpc) is 2.15. The van der Waals surface area contributed by atoms with Gasteiger partial charge in [0.2, 0.25) is 0 Å². The zero-order chi connectivity index (χ0) is 11.4. The van der Waals surface area contributed by atoms with E-state index in [1.165, 1.54) is 0 Å². The van der Waals surface area contributed by atoms with Crippen molar-refractivity contribution in [2.45, 2.75) is 32.4 Å². The second kappa shape index (κ2) is 5.50. The summed E-state index contributed by atoms with van der Waals surface area (Å²) >= 11 is 5.86. The molecule has 15 heavy (non-hydrogen) atoms. The first kappa shape index (κ1) is 12.5. The third-order valence-electron chi connectivity index (χ3n) is 2.36. The molecule has 1 aromatic carbocycles. The molecule has 0 aromatic heterocycles. The Bertz CT molecular complexity index is 314. The van der Waals surface area contributed by atoms with Crippen LogP contribution < -0.4 is 5.73 Å². The van der Waals surface area contributed by atoms with Crippen LogP contribution >= 0.6 is 11.6 Å². The molecule has 2 atom stereocenters. The predicted molar refractivity (Wildman–Crippen MR) is 63.8 cm³/mol. The molecule has 0 heterocycles. The Morgan fingerprint density at radius 2 is 2.07 bits per heavy atom. The van der Waals surface area contributed by atoms with Gasteiger partial charge in [0.15, 0.2) is 0 Å². The number of halogens is 1. The van der Waals surface area contributed by atoms with Crippen molar-refractivity contribution in [2.75, 3.05) is 0 Å². The van der Waals surface area contributed by atoms with Gasteiger partial charge in [0.1, 0.15) is 0 Å². The third-order valence-corrected chi connectivity index (χ3v) is 2.60. The van der Waals surface area contributed by atoms with Gasteiger partial charge < -0.3 is 10.8 Å². The lowest BCUT2D eigenvalue weighted by Gasteiger charge is -2.20. The summed E-state index contributed by atoms with van der Waals surface area (Å²) in [5.74, 6) is 0.435. The number of aliphatic hydroxyl groups is 1. The molecule has 84 valence electrons. The standard InChI is InChI=1S/C12H18ClNO/c1-8(2)6-11(15)12(14)9-4-3-5-10(13)7-9/h3-5,7-8,11-12,15H,6,14H2,1-2H3/t11-,12+/m0/s1. The van der Waals surface area contributed by atoms with Crippen LogP contribution in [0.3, 0.4) is 0 Å². The minimum absolute atomic E-state index is 0.355. The molecule has 2 nitrogen and oxygen atoms in total. The molecule has 0 spiro atoms. The molecule has 0 amide bonds. The molecular weight excluding hydrogens is 210 g/mol. The first-order valence-electron chi connectivity index (χ1n) is 5.20. The van der Waals surface area contributed by atoms with Gasteiger partial charge in [0.05, 0.1) is 12.1 Å². The van der Waals surface area contributed by atoms with E-state index in [2.05, 4.69) is 13.8 Å². The summed E-state index contributed by atoms with van der Waals surface area (Å²) in [6.45, 7) is 4.13. The fourth-order valence-corrected chi connectivity index (χ4v) is 1.76. The van der Waals surface area contributed by atoms with Gasteiger partial charge >= 0.3 is 0 Å². The monoisotopic (exact) mass is 227 g/mol. The first-order chi connectivity index (χ1) is 7.00. The lowest BCUT2D eigenvalue weighted by atomic mass is 9.95. The largest absolute Gasteiger partial charge is 0.391 e. The third kappa shape index (κ3) is 3.82. The lowest BCUT2D eigenvalue weighted by Crippen LogP contribution is -2.27. The Labute approximate surface area is 96.1 Å². The molecule has 1 aromatic rings. The smallest absolute Gasteiger partial charge is 0.0735 e. The SMILES string of the molecule is CC(C)C[C@H](O)[C@H](N)c1cccc(Cl)c1. The van der Waals surface area contributed by atoms with Crippen LogP contribution in [0.15, 0.2) is 24.3 Å². The predicted octanol–water partition coefficient (Wildman–Crippen LogP) is 2.75. The normalized spacial score (nSPS) is 15.3. The van der Waals surface area contributed by atoms with Crippen molar-refractivity contribution in [3.63, 3.8) is 0 Å². The van der Waals surface area contributed by atoms with Crippen molar-refractivity contribution >= 4 is 11.6 Å². The second-order valence-electron chi connectivity index (χ2n) is 4.28. The van der Waals surface area contributed by atoms with Crippen LogP contribution in [0.1, 0.15) is 31.9 Å². The lowest BCUT2D eigenvalue weighted by molar-refractivity contribution is 0.121. The maximum Gasteiger partial charge on any atom is 0.0735 e. The summed E-state index contributed by atoms with van der Waals surface area (Å²) < 4.78 is 0. The van der Waals surface area contributed by atoms with E-state index in [4.69, 9.17) is 17.3 Å². The number of hydrogen-bond donors (Lipinski definition) is 2. The van der Waals surface area contributed by atoms with Crippen LogP contribution in [0, 0.1) is 5.92 Å². The van der Waals surface area contributed by atoms with Crippen molar-refractivity contribution in [2.24, 2.45) is 11.7 Å². The van der Waals surface area contributed by atoms with Crippen molar-refractivity contribution in [3.8, 4) is 0 Å². The van der Waals surface area contributed by atoms with Crippen LogP contribution in [-0.4, -0.2) is 11.2 Å². The highest BCUT2D eigenvalue weighted by Crippen LogP contribution is 2.21. The Kier molecular flexibility index (Phi) is 4.58. The molecule has 0 aliphatic rings. The molecule has 3 heteroatoms. The highest BCUT2D eigenvalue weighted by atomic mass is 35.5. The number of hydrogen-bond acceptors (Lipinski definition) is 2. The maximum absolute atomic E-state index is 9.86. The van der Waals surface area contributed by atoms with Gasteiger partial charge in [-0.05, 0) is 30.0 Å². The molecule has 3 N–H and O–H groups in total. The van der Waals surface area contributed by atoms with Crippen molar-refractivity contribution in [1.29, 1.82) is 0 Å². The fraction of sp³-hybridized carbons (Fsp3) is 0.500. The molecule has 0 saturated heterocycles. The van der Waals surface area contributed by atoms with E-state index in [-0.39, 0.29) is 6.04 Å². The number of rotatable bonds is 4. The van der Waals surface area contributed by atoms with E-state index in [0.29, 0.717) is 17.4 Å². The Morgan fingerprint density at radius 1 is 1.40 bits per heavy atom.